The number of alkyl carbamates (subject to hydrolysis) is 1. The van der Waals surface area contributed by atoms with Gasteiger partial charge < -0.3 is 20.3 Å². The lowest BCUT2D eigenvalue weighted by Crippen LogP contribution is -2.47. The Hall–Kier alpha value is -5.29. The molecule has 1 aliphatic carbocycles. The number of ether oxygens (including phenoxy) is 1. The molecule has 0 spiro atoms. The zero-order valence-electron chi connectivity index (χ0n) is 31.8. The number of piperazine rings is 1. The van der Waals surface area contributed by atoms with E-state index < -0.39 is 18.0 Å². The number of nitrogens with one attached hydrogen (secondary N) is 4. The van der Waals surface area contributed by atoms with Gasteiger partial charge in [-0.05, 0) is 76.6 Å². The molecule has 294 valence electrons. The number of para-hydroxylation sites is 1. The van der Waals surface area contributed by atoms with Crippen LogP contribution >= 0.6 is 0 Å². The minimum Gasteiger partial charge on any atom is -0.446 e. The number of aryl methyl sites for hydroxylation is 2. The van der Waals surface area contributed by atoms with E-state index in [1.165, 1.54) is 4.57 Å². The second-order valence-corrected chi connectivity index (χ2v) is 15.2. The number of rotatable bonds is 13. The van der Waals surface area contributed by atoms with Crippen LogP contribution in [0.25, 0.3) is 11.0 Å². The maximum atomic E-state index is 13.3. The Bertz CT molecular complexity index is 2090. The van der Waals surface area contributed by atoms with E-state index in [4.69, 9.17) is 4.74 Å². The molecule has 7 rings (SSSR count). The number of aromatic nitrogens is 6. The van der Waals surface area contributed by atoms with Gasteiger partial charge in [-0.3, -0.25) is 43.5 Å². The first-order chi connectivity index (χ1) is 26.5. The minimum atomic E-state index is -0.696. The number of carbonyl (C=O) groups excluding carboxylic acids is 4. The molecule has 0 radical (unpaired) electrons. The number of nitrogens with zero attached hydrogens (tertiary/aromatic N) is 7. The van der Waals surface area contributed by atoms with E-state index in [0.717, 1.165) is 87.2 Å². The number of imidazole rings is 1. The number of imide groups is 1. The van der Waals surface area contributed by atoms with Gasteiger partial charge in [0.15, 0.2) is 5.82 Å². The first-order valence-corrected chi connectivity index (χ1v) is 19.4. The largest absolute Gasteiger partial charge is 0.446 e. The summed E-state index contributed by atoms with van der Waals surface area (Å²) in [7, 11) is 1.74. The molecule has 4 aromatic rings. The third-order valence-electron chi connectivity index (χ3n) is 11.0. The Labute approximate surface area is 318 Å². The van der Waals surface area contributed by atoms with Crippen LogP contribution in [0.1, 0.15) is 86.1 Å². The maximum Gasteiger partial charge on any atom is 0.407 e. The van der Waals surface area contributed by atoms with E-state index in [-0.39, 0.29) is 42.0 Å². The van der Waals surface area contributed by atoms with Gasteiger partial charge in [0.25, 0.3) is 5.91 Å². The molecule has 55 heavy (non-hydrogen) atoms. The fraction of sp³-hybridized carbons (Fsp3) is 0.553. The first-order valence-electron chi connectivity index (χ1n) is 19.4. The molecule has 0 bridgehead atoms. The van der Waals surface area contributed by atoms with E-state index in [1.54, 1.807) is 28.6 Å². The highest BCUT2D eigenvalue weighted by atomic mass is 16.6. The average molecular weight is 758 g/mol. The van der Waals surface area contributed by atoms with Crippen molar-refractivity contribution >= 4 is 40.7 Å². The number of anilines is 1. The monoisotopic (exact) mass is 757 g/mol. The zero-order valence-corrected chi connectivity index (χ0v) is 31.8. The van der Waals surface area contributed by atoms with Crippen LogP contribution in [0.15, 0.2) is 41.3 Å². The molecule has 1 aromatic carbocycles. The fourth-order valence-electron chi connectivity index (χ4n) is 8.16. The number of aromatic amines is 1. The van der Waals surface area contributed by atoms with Crippen LogP contribution < -0.4 is 21.6 Å². The second kappa shape index (κ2) is 16.6. The summed E-state index contributed by atoms with van der Waals surface area (Å²) >= 11 is 0. The van der Waals surface area contributed by atoms with Gasteiger partial charge in [-0.25, -0.2) is 9.59 Å². The third-order valence-corrected chi connectivity index (χ3v) is 11.0. The number of hydrogen-bond donors (Lipinski definition) is 4. The van der Waals surface area contributed by atoms with Crippen molar-refractivity contribution in [1.82, 2.24) is 49.5 Å². The molecule has 3 aromatic heterocycles. The van der Waals surface area contributed by atoms with Crippen molar-refractivity contribution in [3.05, 3.63) is 64.0 Å². The van der Waals surface area contributed by atoms with Gasteiger partial charge in [-0.1, -0.05) is 12.1 Å². The van der Waals surface area contributed by atoms with Crippen molar-refractivity contribution in [2.45, 2.75) is 89.4 Å². The topological polar surface area (TPSA) is 194 Å². The summed E-state index contributed by atoms with van der Waals surface area (Å²) < 4.78 is 10.4. The third kappa shape index (κ3) is 8.67. The molecule has 3 atom stereocenters. The predicted octanol–water partition coefficient (Wildman–Crippen LogP) is 2.51. The van der Waals surface area contributed by atoms with Crippen molar-refractivity contribution < 1.29 is 23.9 Å². The van der Waals surface area contributed by atoms with Crippen LogP contribution in [0.3, 0.4) is 0 Å². The van der Waals surface area contributed by atoms with Gasteiger partial charge in [0.2, 0.25) is 11.8 Å². The number of fused-ring (bicyclic) bond motifs is 1. The molecule has 4 amide bonds. The standard InChI is InChI=1S/C38H51N11O6/c1-24(2)40-37(53)55-27-10-9-26(22-27)28-23-32(44-43-28)41-35(51)30-13-14-39-48(30)21-20-47-18-16-46(17-19-47)15-5-7-25-6-4-8-29-34(25)45(3)38(54)49(29)31-11-12-33(50)42-36(31)52/h4,6,8,13-14,23-24,26-27,31H,5,7,9-12,15-22H2,1-3H3,(H,40,53)(H,42,50,52)(H2,41,43,44,51)/t26-,27+,31?/m0/s1. The molecule has 2 aliphatic heterocycles. The number of benzene rings is 1. The van der Waals surface area contributed by atoms with Gasteiger partial charge >= 0.3 is 11.8 Å². The van der Waals surface area contributed by atoms with E-state index in [9.17, 15) is 24.0 Å². The Kier molecular flexibility index (Phi) is 11.5. The van der Waals surface area contributed by atoms with E-state index in [1.807, 2.05) is 38.1 Å². The highest BCUT2D eigenvalue weighted by Gasteiger charge is 2.32. The summed E-state index contributed by atoms with van der Waals surface area (Å²) in [5, 5.41) is 19.8. The van der Waals surface area contributed by atoms with Gasteiger partial charge in [0, 0.05) is 76.1 Å². The molecule has 4 N–H and O–H groups in total. The molecule has 17 heteroatoms. The van der Waals surface area contributed by atoms with Crippen molar-refractivity contribution in [2.24, 2.45) is 7.05 Å². The lowest BCUT2D eigenvalue weighted by atomic mass is 10.0. The van der Waals surface area contributed by atoms with Crippen LogP contribution in [0, 0.1) is 0 Å². The minimum absolute atomic E-state index is 0.0189. The summed E-state index contributed by atoms with van der Waals surface area (Å²) in [6.45, 7) is 9.74. The SMILES string of the molecule is CC(C)NC(=O)O[C@@H]1CC[C@H](c2cc(NC(=O)c3ccnn3CCN3CCN(CCCc4cccc5c4n(C)c(=O)n5C4CCC(=O)NC4=O)CC3)n[nH]2)C1. The molecule has 5 heterocycles. The van der Waals surface area contributed by atoms with E-state index in [2.05, 4.69) is 41.0 Å². The number of piperidine rings is 1. The Morgan fingerprint density at radius 3 is 2.55 bits per heavy atom. The summed E-state index contributed by atoms with van der Waals surface area (Å²) in [5.41, 5.74) is 3.74. The molecule has 2 saturated heterocycles. The number of H-pyrrole nitrogens is 1. The van der Waals surface area contributed by atoms with Crippen LogP contribution in [0.2, 0.25) is 0 Å². The van der Waals surface area contributed by atoms with Crippen LogP contribution in [0.5, 0.6) is 0 Å². The van der Waals surface area contributed by atoms with Crippen molar-refractivity contribution in [3.63, 3.8) is 0 Å². The highest BCUT2D eigenvalue weighted by molar-refractivity contribution is 6.02. The Morgan fingerprint density at radius 2 is 1.78 bits per heavy atom. The van der Waals surface area contributed by atoms with Gasteiger partial charge in [0.1, 0.15) is 17.8 Å². The van der Waals surface area contributed by atoms with E-state index in [0.29, 0.717) is 30.9 Å². The molecule has 1 unspecified atom stereocenters. The zero-order chi connectivity index (χ0) is 38.6. The second-order valence-electron chi connectivity index (χ2n) is 15.2. The summed E-state index contributed by atoms with van der Waals surface area (Å²) in [5.74, 6) is -0.401. The van der Waals surface area contributed by atoms with Crippen molar-refractivity contribution in [3.8, 4) is 0 Å². The van der Waals surface area contributed by atoms with Crippen LogP contribution in [0.4, 0.5) is 10.6 Å². The van der Waals surface area contributed by atoms with E-state index >= 15 is 0 Å². The van der Waals surface area contributed by atoms with Crippen molar-refractivity contribution in [1.29, 1.82) is 0 Å². The Morgan fingerprint density at radius 1 is 1.00 bits per heavy atom. The first kappa shape index (κ1) is 38.0. The lowest BCUT2D eigenvalue weighted by molar-refractivity contribution is -0.135. The normalized spacial score (nSPS) is 21.0. The van der Waals surface area contributed by atoms with Gasteiger partial charge in [0.05, 0.1) is 17.6 Å². The average Bonchev–Trinajstić information content (AvgIpc) is 3.96. The fourth-order valence-corrected chi connectivity index (χ4v) is 8.16. The highest BCUT2D eigenvalue weighted by Crippen LogP contribution is 2.36. The smallest absolute Gasteiger partial charge is 0.407 e. The van der Waals surface area contributed by atoms with Crippen molar-refractivity contribution in [2.75, 3.05) is 44.6 Å². The summed E-state index contributed by atoms with van der Waals surface area (Å²) in [4.78, 5) is 67.7. The molecule has 1 saturated carbocycles. The molecular formula is C38H51N11O6. The quantitative estimate of drug-likeness (QED) is 0.147. The summed E-state index contributed by atoms with van der Waals surface area (Å²) in [6, 6.07) is 8.74. The molecule has 17 nitrogen and oxygen atoms in total. The van der Waals surface area contributed by atoms with Gasteiger partial charge in [-0.15, -0.1) is 0 Å². The Balaban J connectivity index is 0.851. The maximum absolute atomic E-state index is 13.3. The molecule has 3 fully saturated rings. The lowest BCUT2D eigenvalue weighted by Gasteiger charge is -2.34. The van der Waals surface area contributed by atoms with Crippen LogP contribution in [-0.4, -0.2) is 114 Å². The van der Waals surface area contributed by atoms with Gasteiger partial charge in [-0.2, -0.15) is 10.2 Å². The molecular weight excluding hydrogens is 706 g/mol. The predicted molar refractivity (Wildman–Crippen MR) is 204 cm³/mol. The number of amides is 4. The number of carbonyl (C=O) groups is 4. The number of hydrogen-bond acceptors (Lipinski definition) is 10. The van der Waals surface area contributed by atoms with Crippen LogP contribution in [-0.2, 0) is 34.3 Å². The summed E-state index contributed by atoms with van der Waals surface area (Å²) in [6.07, 6.45) is 5.68. The molecule has 3 aliphatic rings.